The highest BCUT2D eigenvalue weighted by molar-refractivity contribution is 5.94. The molecule has 0 bridgehead atoms. The molecular formula is C13H13N5O. The van der Waals surface area contributed by atoms with Gasteiger partial charge < -0.3 is 5.32 Å². The Kier molecular flexibility index (Phi) is 3.88. The van der Waals surface area contributed by atoms with Gasteiger partial charge in [-0.1, -0.05) is 0 Å². The highest BCUT2D eigenvalue weighted by Crippen LogP contribution is 2.03. The molecule has 0 aliphatic heterocycles. The van der Waals surface area contributed by atoms with Crippen molar-refractivity contribution in [3.05, 3.63) is 47.5 Å². The van der Waals surface area contributed by atoms with Crippen LogP contribution in [0, 0.1) is 11.3 Å². The van der Waals surface area contributed by atoms with Crippen LogP contribution in [0.25, 0.3) is 0 Å². The van der Waals surface area contributed by atoms with Crippen molar-refractivity contribution >= 4 is 5.91 Å². The number of hydrogen-bond donors (Lipinski definition) is 1. The summed E-state index contributed by atoms with van der Waals surface area (Å²) in [7, 11) is 1.80. The zero-order valence-electron chi connectivity index (χ0n) is 10.5. The van der Waals surface area contributed by atoms with Gasteiger partial charge >= 0.3 is 0 Å². The molecule has 1 amide bonds. The lowest BCUT2D eigenvalue weighted by Gasteiger charge is -2.03. The zero-order chi connectivity index (χ0) is 13.7. The first kappa shape index (κ1) is 12.8. The van der Waals surface area contributed by atoms with Crippen LogP contribution in [0.3, 0.4) is 0 Å². The van der Waals surface area contributed by atoms with Crippen LogP contribution in [0.1, 0.15) is 21.7 Å². The van der Waals surface area contributed by atoms with Gasteiger partial charge in [0.25, 0.3) is 5.91 Å². The highest BCUT2D eigenvalue weighted by Gasteiger charge is 2.05. The van der Waals surface area contributed by atoms with Crippen molar-refractivity contribution in [2.75, 3.05) is 6.54 Å². The number of nitrogens with zero attached hydrogens (tertiary/aromatic N) is 4. The molecule has 2 aromatic rings. The number of carbonyl (C=O) groups is 1. The van der Waals surface area contributed by atoms with Crippen LogP contribution in [0.2, 0.25) is 0 Å². The quantitative estimate of drug-likeness (QED) is 0.869. The SMILES string of the molecule is Cn1cnc(CCNC(=O)c2ccc(C#N)cc2)n1. The Bertz CT molecular complexity index is 609. The Balaban J connectivity index is 1.85. The molecule has 0 saturated heterocycles. The number of nitrogens with one attached hydrogen (secondary N) is 1. The zero-order valence-corrected chi connectivity index (χ0v) is 10.5. The Morgan fingerprint density at radius 1 is 1.42 bits per heavy atom. The minimum atomic E-state index is -0.166. The molecule has 19 heavy (non-hydrogen) atoms. The van der Waals surface area contributed by atoms with E-state index >= 15 is 0 Å². The summed E-state index contributed by atoms with van der Waals surface area (Å²) in [6.45, 7) is 0.475. The van der Waals surface area contributed by atoms with Crippen molar-refractivity contribution in [2.45, 2.75) is 6.42 Å². The molecule has 1 N–H and O–H groups in total. The minimum Gasteiger partial charge on any atom is -0.352 e. The molecule has 0 aliphatic carbocycles. The van der Waals surface area contributed by atoms with Gasteiger partial charge in [0.15, 0.2) is 5.82 Å². The fourth-order valence-corrected chi connectivity index (χ4v) is 1.58. The Morgan fingerprint density at radius 2 is 2.16 bits per heavy atom. The van der Waals surface area contributed by atoms with Crippen molar-refractivity contribution in [3.8, 4) is 6.07 Å². The third-order valence-electron chi connectivity index (χ3n) is 2.56. The van der Waals surface area contributed by atoms with Crippen LogP contribution >= 0.6 is 0 Å². The molecule has 0 radical (unpaired) electrons. The molecule has 0 atom stereocenters. The molecule has 0 saturated carbocycles. The Hall–Kier alpha value is -2.68. The Morgan fingerprint density at radius 3 is 2.74 bits per heavy atom. The smallest absolute Gasteiger partial charge is 0.251 e. The summed E-state index contributed by atoms with van der Waals surface area (Å²) in [5.41, 5.74) is 1.07. The average molecular weight is 255 g/mol. The summed E-state index contributed by atoms with van der Waals surface area (Å²) >= 11 is 0. The number of hydrogen-bond acceptors (Lipinski definition) is 4. The normalized spacial score (nSPS) is 9.89. The van der Waals surface area contributed by atoms with Crippen molar-refractivity contribution in [1.82, 2.24) is 20.1 Å². The number of carbonyl (C=O) groups excluding carboxylic acids is 1. The van der Waals surface area contributed by atoms with E-state index in [1.165, 1.54) is 0 Å². The summed E-state index contributed by atoms with van der Waals surface area (Å²) < 4.78 is 1.62. The maximum atomic E-state index is 11.8. The van der Waals surface area contributed by atoms with E-state index in [4.69, 9.17) is 5.26 Å². The van der Waals surface area contributed by atoms with Gasteiger partial charge in [-0.3, -0.25) is 9.48 Å². The van der Waals surface area contributed by atoms with Crippen LogP contribution in [0.15, 0.2) is 30.6 Å². The first-order valence-electron chi connectivity index (χ1n) is 5.82. The van der Waals surface area contributed by atoms with Gasteiger partial charge in [0.05, 0.1) is 11.6 Å². The van der Waals surface area contributed by atoms with Crippen molar-refractivity contribution in [3.63, 3.8) is 0 Å². The van der Waals surface area contributed by atoms with E-state index in [9.17, 15) is 4.79 Å². The molecular weight excluding hydrogens is 242 g/mol. The molecule has 1 aromatic carbocycles. The first-order chi connectivity index (χ1) is 9.19. The van der Waals surface area contributed by atoms with Crippen LogP contribution in [0.5, 0.6) is 0 Å². The average Bonchev–Trinajstić information content (AvgIpc) is 2.84. The van der Waals surface area contributed by atoms with Gasteiger partial charge in [0.1, 0.15) is 6.33 Å². The molecule has 0 unspecified atom stereocenters. The van der Waals surface area contributed by atoms with Crippen molar-refractivity contribution in [2.24, 2.45) is 7.05 Å². The summed E-state index contributed by atoms with van der Waals surface area (Å²) in [6.07, 6.45) is 2.21. The summed E-state index contributed by atoms with van der Waals surface area (Å²) in [5.74, 6) is 0.531. The third kappa shape index (κ3) is 3.39. The lowest BCUT2D eigenvalue weighted by Crippen LogP contribution is -2.25. The van der Waals surface area contributed by atoms with Crippen molar-refractivity contribution in [1.29, 1.82) is 5.26 Å². The molecule has 1 aromatic heterocycles. The van der Waals surface area contributed by atoms with E-state index in [1.807, 2.05) is 6.07 Å². The lowest BCUT2D eigenvalue weighted by molar-refractivity contribution is 0.0954. The number of amides is 1. The van der Waals surface area contributed by atoms with Crippen molar-refractivity contribution < 1.29 is 4.79 Å². The molecule has 0 spiro atoms. The van der Waals surface area contributed by atoms with E-state index in [0.29, 0.717) is 29.9 Å². The highest BCUT2D eigenvalue weighted by atomic mass is 16.1. The molecule has 6 heteroatoms. The number of aryl methyl sites for hydroxylation is 1. The first-order valence-corrected chi connectivity index (χ1v) is 5.82. The number of nitriles is 1. The van der Waals surface area contributed by atoms with Gasteiger partial charge in [0, 0.05) is 25.6 Å². The molecule has 0 fully saturated rings. The van der Waals surface area contributed by atoms with Gasteiger partial charge in [-0.05, 0) is 24.3 Å². The molecule has 1 heterocycles. The van der Waals surface area contributed by atoms with Gasteiger partial charge in [-0.25, -0.2) is 4.98 Å². The van der Waals surface area contributed by atoms with Gasteiger partial charge in [0.2, 0.25) is 0 Å². The fourth-order valence-electron chi connectivity index (χ4n) is 1.58. The Labute approximate surface area is 110 Å². The van der Waals surface area contributed by atoms with Gasteiger partial charge in [-0.2, -0.15) is 10.4 Å². The van der Waals surface area contributed by atoms with Crippen LogP contribution in [-0.2, 0) is 13.5 Å². The monoisotopic (exact) mass is 255 g/mol. The van der Waals surface area contributed by atoms with Gasteiger partial charge in [-0.15, -0.1) is 0 Å². The van der Waals surface area contributed by atoms with E-state index in [2.05, 4.69) is 15.4 Å². The van der Waals surface area contributed by atoms with Crippen LogP contribution < -0.4 is 5.32 Å². The number of benzene rings is 1. The van der Waals surface area contributed by atoms with Crippen LogP contribution in [-0.4, -0.2) is 27.2 Å². The maximum Gasteiger partial charge on any atom is 0.251 e. The van der Waals surface area contributed by atoms with E-state index in [0.717, 1.165) is 0 Å². The number of rotatable bonds is 4. The second-order valence-corrected chi connectivity index (χ2v) is 4.03. The van der Waals surface area contributed by atoms with E-state index in [-0.39, 0.29) is 5.91 Å². The summed E-state index contributed by atoms with van der Waals surface area (Å²) in [4.78, 5) is 15.9. The topological polar surface area (TPSA) is 83.6 Å². The molecule has 2 rings (SSSR count). The lowest BCUT2D eigenvalue weighted by atomic mass is 10.1. The fraction of sp³-hybridized carbons (Fsp3) is 0.231. The summed E-state index contributed by atoms with van der Waals surface area (Å²) in [5, 5.41) is 15.6. The predicted molar refractivity (Wildman–Crippen MR) is 68.2 cm³/mol. The predicted octanol–water partition coefficient (Wildman–Crippen LogP) is 0.659. The molecule has 6 nitrogen and oxygen atoms in total. The van der Waals surface area contributed by atoms with Crippen LogP contribution in [0.4, 0.5) is 0 Å². The second-order valence-electron chi connectivity index (χ2n) is 4.03. The molecule has 0 aliphatic rings. The second kappa shape index (κ2) is 5.78. The van der Waals surface area contributed by atoms with E-state index < -0.39 is 0 Å². The van der Waals surface area contributed by atoms with E-state index in [1.54, 1.807) is 42.3 Å². The largest absolute Gasteiger partial charge is 0.352 e. The minimum absolute atomic E-state index is 0.166. The third-order valence-corrected chi connectivity index (χ3v) is 2.56. The number of aromatic nitrogens is 3. The molecule has 96 valence electrons. The standard InChI is InChI=1S/C13H13N5O/c1-18-9-16-12(17-18)6-7-15-13(19)11-4-2-10(8-14)3-5-11/h2-5,9H,6-7H2,1H3,(H,15,19). The maximum absolute atomic E-state index is 11.8. The summed E-state index contributed by atoms with van der Waals surface area (Å²) in [6, 6.07) is 8.51.